The van der Waals surface area contributed by atoms with Crippen LogP contribution in [0.2, 0.25) is 0 Å². The molecule has 0 amide bonds. The Morgan fingerprint density at radius 2 is 1.96 bits per heavy atom. The number of aliphatic hydroxyl groups is 1. The molecule has 1 aliphatic rings. The highest BCUT2D eigenvalue weighted by Crippen LogP contribution is 2.28. The van der Waals surface area contributed by atoms with Crippen LogP contribution in [0.15, 0.2) is 47.4 Å². The van der Waals surface area contributed by atoms with Crippen LogP contribution >= 0.6 is 0 Å². The van der Waals surface area contributed by atoms with E-state index in [1.807, 2.05) is 6.07 Å². The number of sulfonamides is 1. The third-order valence-electron chi connectivity index (χ3n) is 4.14. The molecule has 7 heteroatoms. The molecular formula is C18H19NO5S. The lowest BCUT2D eigenvalue weighted by Gasteiger charge is -2.14. The Kier molecular flexibility index (Phi) is 4.89. The molecule has 1 aliphatic heterocycles. The largest absolute Gasteiger partial charge is 0.493 e. The zero-order valence-electron chi connectivity index (χ0n) is 13.7. The second kappa shape index (κ2) is 6.95. The first-order valence-corrected chi connectivity index (χ1v) is 9.39. The number of aliphatic hydroxyl groups excluding tert-OH is 1. The SMILES string of the molecule is CC(=O)c1ccc(S(=O)(=O)NCC(O)c2ccc3c(c2)CCO3)cc1. The van der Waals surface area contributed by atoms with Crippen molar-refractivity contribution < 1.29 is 23.1 Å². The normalized spacial score (nSPS) is 14.6. The molecule has 1 atom stereocenters. The monoisotopic (exact) mass is 361 g/mol. The van der Waals surface area contributed by atoms with Crippen molar-refractivity contribution in [2.75, 3.05) is 13.2 Å². The molecule has 2 N–H and O–H groups in total. The van der Waals surface area contributed by atoms with Gasteiger partial charge in [0, 0.05) is 18.5 Å². The number of ketones is 1. The maximum atomic E-state index is 12.3. The quantitative estimate of drug-likeness (QED) is 0.766. The molecule has 1 unspecified atom stereocenters. The number of rotatable bonds is 6. The van der Waals surface area contributed by atoms with Crippen molar-refractivity contribution in [2.24, 2.45) is 0 Å². The molecule has 0 saturated carbocycles. The summed E-state index contributed by atoms with van der Waals surface area (Å²) in [4.78, 5) is 11.3. The molecular weight excluding hydrogens is 342 g/mol. The van der Waals surface area contributed by atoms with Gasteiger partial charge in [0.1, 0.15) is 5.75 Å². The van der Waals surface area contributed by atoms with Crippen LogP contribution in [-0.4, -0.2) is 32.5 Å². The zero-order chi connectivity index (χ0) is 18.0. The van der Waals surface area contributed by atoms with Gasteiger partial charge >= 0.3 is 0 Å². The first kappa shape index (κ1) is 17.6. The van der Waals surface area contributed by atoms with E-state index < -0.39 is 16.1 Å². The first-order chi connectivity index (χ1) is 11.9. The summed E-state index contributed by atoms with van der Waals surface area (Å²) in [7, 11) is -3.76. The Hall–Kier alpha value is -2.22. The van der Waals surface area contributed by atoms with Gasteiger partial charge in [-0.15, -0.1) is 0 Å². The first-order valence-electron chi connectivity index (χ1n) is 7.91. The van der Waals surface area contributed by atoms with Crippen molar-refractivity contribution in [2.45, 2.75) is 24.3 Å². The number of benzene rings is 2. The number of hydrogen-bond acceptors (Lipinski definition) is 5. The number of Topliss-reactive ketones (excluding diaryl/α,β-unsaturated/α-hetero) is 1. The third kappa shape index (κ3) is 3.89. The van der Waals surface area contributed by atoms with Crippen LogP contribution in [0.1, 0.15) is 34.5 Å². The van der Waals surface area contributed by atoms with Crippen LogP contribution < -0.4 is 9.46 Å². The maximum Gasteiger partial charge on any atom is 0.240 e. The van der Waals surface area contributed by atoms with Crippen molar-refractivity contribution in [1.29, 1.82) is 0 Å². The molecule has 0 radical (unpaired) electrons. The zero-order valence-corrected chi connectivity index (χ0v) is 14.5. The van der Waals surface area contributed by atoms with E-state index in [9.17, 15) is 18.3 Å². The predicted molar refractivity (Wildman–Crippen MR) is 92.2 cm³/mol. The van der Waals surface area contributed by atoms with Crippen LogP contribution in [0.5, 0.6) is 5.75 Å². The van der Waals surface area contributed by atoms with Crippen LogP contribution in [0, 0.1) is 0 Å². The molecule has 1 heterocycles. The topological polar surface area (TPSA) is 92.7 Å². The second-order valence-electron chi connectivity index (χ2n) is 5.91. The molecule has 0 bridgehead atoms. The van der Waals surface area contributed by atoms with Crippen LogP contribution in [0.4, 0.5) is 0 Å². The van der Waals surface area contributed by atoms with Crippen molar-refractivity contribution in [3.8, 4) is 5.75 Å². The van der Waals surface area contributed by atoms with Crippen molar-refractivity contribution in [3.05, 3.63) is 59.2 Å². The van der Waals surface area contributed by atoms with E-state index in [0.717, 1.165) is 17.7 Å². The third-order valence-corrected chi connectivity index (χ3v) is 5.58. The number of fused-ring (bicyclic) bond motifs is 1. The lowest BCUT2D eigenvalue weighted by atomic mass is 10.0. The molecule has 2 aromatic carbocycles. The van der Waals surface area contributed by atoms with Crippen molar-refractivity contribution in [1.82, 2.24) is 4.72 Å². The second-order valence-corrected chi connectivity index (χ2v) is 7.68. The molecule has 25 heavy (non-hydrogen) atoms. The van der Waals surface area contributed by atoms with Gasteiger partial charge in [0.25, 0.3) is 0 Å². The van der Waals surface area contributed by atoms with E-state index >= 15 is 0 Å². The van der Waals surface area contributed by atoms with E-state index in [1.54, 1.807) is 12.1 Å². The Balaban J connectivity index is 1.68. The number of ether oxygens (including phenoxy) is 1. The summed E-state index contributed by atoms with van der Waals surface area (Å²) in [6.45, 7) is 1.90. The summed E-state index contributed by atoms with van der Waals surface area (Å²) >= 11 is 0. The summed E-state index contributed by atoms with van der Waals surface area (Å²) in [6.07, 6.45) is -0.179. The highest BCUT2D eigenvalue weighted by Gasteiger charge is 2.19. The van der Waals surface area contributed by atoms with Crippen LogP contribution in [-0.2, 0) is 16.4 Å². The standard InChI is InChI=1S/C18H19NO5S/c1-12(20)13-2-5-16(6-3-13)25(22,23)19-11-17(21)14-4-7-18-15(10-14)8-9-24-18/h2-7,10,17,19,21H,8-9,11H2,1H3. The molecule has 0 aliphatic carbocycles. The van der Waals surface area contributed by atoms with E-state index in [1.165, 1.54) is 31.2 Å². The van der Waals surface area contributed by atoms with Gasteiger partial charge in [-0.25, -0.2) is 13.1 Å². The van der Waals surface area contributed by atoms with Gasteiger partial charge in [0.15, 0.2) is 5.78 Å². The van der Waals surface area contributed by atoms with Gasteiger partial charge < -0.3 is 9.84 Å². The fourth-order valence-electron chi connectivity index (χ4n) is 2.67. The number of carbonyl (C=O) groups excluding carboxylic acids is 1. The molecule has 2 aromatic rings. The summed E-state index contributed by atoms with van der Waals surface area (Å²) < 4.78 is 32.4. The van der Waals surface area contributed by atoms with Crippen molar-refractivity contribution in [3.63, 3.8) is 0 Å². The molecule has 0 spiro atoms. The van der Waals surface area contributed by atoms with Gasteiger partial charge in [0.2, 0.25) is 10.0 Å². The number of hydrogen-bond donors (Lipinski definition) is 2. The predicted octanol–water partition coefficient (Wildman–Crippen LogP) is 1.84. The minimum atomic E-state index is -3.76. The lowest BCUT2D eigenvalue weighted by Crippen LogP contribution is -2.28. The maximum absolute atomic E-state index is 12.3. The Morgan fingerprint density at radius 1 is 1.24 bits per heavy atom. The van der Waals surface area contributed by atoms with Gasteiger partial charge in [-0.1, -0.05) is 18.2 Å². The van der Waals surface area contributed by atoms with Crippen molar-refractivity contribution >= 4 is 15.8 Å². The molecule has 132 valence electrons. The minimum Gasteiger partial charge on any atom is -0.493 e. The van der Waals surface area contributed by atoms with E-state index in [0.29, 0.717) is 17.7 Å². The van der Waals surface area contributed by atoms with E-state index in [4.69, 9.17) is 4.74 Å². The lowest BCUT2D eigenvalue weighted by molar-refractivity contribution is 0.101. The Labute approximate surface area is 146 Å². The van der Waals surface area contributed by atoms with Crippen LogP contribution in [0.3, 0.4) is 0 Å². The number of carbonyl (C=O) groups is 1. The van der Waals surface area contributed by atoms with E-state index in [-0.39, 0.29) is 17.2 Å². The molecule has 0 aromatic heterocycles. The minimum absolute atomic E-state index is 0.0482. The molecule has 0 fully saturated rings. The molecule has 6 nitrogen and oxygen atoms in total. The number of nitrogens with one attached hydrogen (secondary N) is 1. The van der Waals surface area contributed by atoms with E-state index in [2.05, 4.69) is 4.72 Å². The Bertz CT molecular complexity index is 890. The summed E-state index contributed by atoms with van der Waals surface area (Å²) in [5, 5.41) is 10.3. The summed E-state index contributed by atoms with van der Waals surface area (Å²) in [5.74, 6) is 0.676. The molecule has 0 saturated heterocycles. The average molecular weight is 361 g/mol. The summed E-state index contributed by atoms with van der Waals surface area (Å²) in [5.41, 5.74) is 2.09. The smallest absolute Gasteiger partial charge is 0.240 e. The average Bonchev–Trinajstić information content (AvgIpc) is 3.07. The fourth-order valence-corrected chi connectivity index (χ4v) is 3.71. The van der Waals surface area contributed by atoms with Gasteiger partial charge in [0.05, 0.1) is 17.6 Å². The van der Waals surface area contributed by atoms with Gasteiger partial charge in [-0.05, 0) is 42.3 Å². The van der Waals surface area contributed by atoms with Gasteiger partial charge in [-0.2, -0.15) is 0 Å². The highest BCUT2D eigenvalue weighted by atomic mass is 32.2. The molecule has 3 rings (SSSR count). The van der Waals surface area contributed by atoms with Gasteiger partial charge in [-0.3, -0.25) is 4.79 Å². The fraction of sp³-hybridized carbons (Fsp3) is 0.278. The summed E-state index contributed by atoms with van der Waals surface area (Å²) in [6, 6.07) is 11.0. The Morgan fingerprint density at radius 3 is 2.64 bits per heavy atom. The van der Waals surface area contributed by atoms with Crippen LogP contribution in [0.25, 0.3) is 0 Å². The highest BCUT2D eigenvalue weighted by molar-refractivity contribution is 7.89.